The molecule has 2 aromatic rings. The zero-order valence-electron chi connectivity index (χ0n) is 12.3. The Morgan fingerprint density at radius 1 is 1.50 bits per heavy atom. The van der Waals surface area contributed by atoms with Gasteiger partial charge < -0.3 is 12.5 Å². The second-order valence-electron chi connectivity index (χ2n) is 3.79. The van der Waals surface area contributed by atoms with Crippen LogP contribution in [0.3, 0.4) is 0 Å². The molecular formula is C12H14MgN2O3. The Hall–Kier alpha value is -1.40. The first kappa shape index (κ1) is 14.7. The fourth-order valence-electron chi connectivity index (χ4n) is 1.75. The summed E-state index contributed by atoms with van der Waals surface area (Å²) in [5, 5.41) is 9.31. The standard InChI is InChI=1S/C12H12N2O3.Mg.2H/c1-3-14-6-9(12(16)17)10(15)8-5-4-7(2)13-11(8)14;;;/h4-6H,3H2,1-2H3,(H,16,17);;;/q;+2;2*-1. The zero-order valence-corrected chi connectivity index (χ0v) is 11.7. The SMILES string of the molecule is CCn1cc(C(=O)O)c(=O)c2ccc(C)nc21.[H-].[H-].[Mg+2]. The molecule has 0 aliphatic carbocycles. The van der Waals surface area contributed by atoms with Crippen molar-refractivity contribution in [2.45, 2.75) is 20.4 Å². The molecule has 0 saturated heterocycles. The molecule has 0 radical (unpaired) electrons. The average Bonchev–Trinajstić information content (AvgIpc) is 2.29. The van der Waals surface area contributed by atoms with Crippen molar-refractivity contribution in [3.63, 3.8) is 0 Å². The van der Waals surface area contributed by atoms with Gasteiger partial charge in [-0.3, -0.25) is 4.79 Å². The second kappa shape index (κ2) is 5.49. The molecule has 0 fully saturated rings. The maximum atomic E-state index is 11.9. The van der Waals surface area contributed by atoms with E-state index < -0.39 is 11.4 Å². The van der Waals surface area contributed by atoms with Crippen molar-refractivity contribution in [3.8, 4) is 0 Å². The van der Waals surface area contributed by atoms with Crippen molar-refractivity contribution >= 4 is 40.1 Å². The van der Waals surface area contributed by atoms with Gasteiger partial charge in [-0.1, -0.05) is 0 Å². The predicted molar refractivity (Wildman–Crippen MR) is 71.4 cm³/mol. The Morgan fingerprint density at radius 2 is 2.17 bits per heavy atom. The van der Waals surface area contributed by atoms with Gasteiger partial charge in [0.15, 0.2) is 0 Å². The van der Waals surface area contributed by atoms with Crippen LogP contribution in [0.4, 0.5) is 0 Å². The number of nitrogens with zero attached hydrogens (tertiary/aromatic N) is 2. The molecule has 0 bridgehead atoms. The Bertz CT molecular complexity index is 674. The van der Waals surface area contributed by atoms with Gasteiger partial charge in [0.1, 0.15) is 11.2 Å². The van der Waals surface area contributed by atoms with Crippen LogP contribution in [0.1, 0.15) is 25.8 Å². The maximum Gasteiger partial charge on any atom is 2.00 e. The molecule has 2 rings (SSSR count). The molecule has 0 aliphatic rings. The number of fused-ring (bicyclic) bond motifs is 1. The van der Waals surface area contributed by atoms with E-state index in [0.717, 1.165) is 5.69 Å². The number of aromatic carboxylic acids is 1. The van der Waals surface area contributed by atoms with Crippen LogP contribution >= 0.6 is 0 Å². The van der Waals surface area contributed by atoms with E-state index in [2.05, 4.69) is 4.98 Å². The summed E-state index contributed by atoms with van der Waals surface area (Å²) in [5.41, 5.74) is 0.624. The zero-order chi connectivity index (χ0) is 12.6. The molecule has 0 aliphatic heterocycles. The summed E-state index contributed by atoms with van der Waals surface area (Å²) in [6, 6.07) is 3.33. The first-order chi connectivity index (χ1) is 8.04. The van der Waals surface area contributed by atoms with Crippen molar-refractivity contribution in [3.05, 3.63) is 39.8 Å². The van der Waals surface area contributed by atoms with E-state index in [0.29, 0.717) is 17.6 Å². The number of rotatable bonds is 2. The molecule has 5 nitrogen and oxygen atoms in total. The molecule has 0 atom stereocenters. The summed E-state index contributed by atoms with van der Waals surface area (Å²) >= 11 is 0. The van der Waals surface area contributed by atoms with Crippen molar-refractivity contribution in [2.75, 3.05) is 0 Å². The minimum atomic E-state index is -1.21. The topological polar surface area (TPSA) is 72.2 Å². The Kier molecular flexibility index (Phi) is 4.47. The molecule has 92 valence electrons. The van der Waals surface area contributed by atoms with Crippen molar-refractivity contribution in [1.29, 1.82) is 0 Å². The van der Waals surface area contributed by atoms with Crippen LogP contribution in [0.15, 0.2) is 23.1 Å². The normalized spacial score (nSPS) is 10.1. The molecule has 0 spiro atoms. The van der Waals surface area contributed by atoms with Gasteiger partial charge in [0.05, 0.1) is 5.39 Å². The molecule has 2 heterocycles. The number of aromatic nitrogens is 2. The maximum absolute atomic E-state index is 11.9. The van der Waals surface area contributed by atoms with E-state index in [1.54, 1.807) is 16.7 Å². The van der Waals surface area contributed by atoms with E-state index in [1.807, 2.05) is 13.8 Å². The number of hydrogen-bond acceptors (Lipinski definition) is 3. The summed E-state index contributed by atoms with van der Waals surface area (Å²) in [4.78, 5) is 27.2. The fraction of sp³-hybridized carbons (Fsp3) is 0.250. The minimum absolute atomic E-state index is 0. The number of carboxylic acid groups (broad SMARTS) is 1. The van der Waals surface area contributed by atoms with Gasteiger partial charge in [-0.05, 0) is 26.0 Å². The molecule has 1 N–H and O–H groups in total. The Labute approximate surface area is 123 Å². The van der Waals surface area contributed by atoms with E-state index >= 15 is 0 Å². The van der Waals surface area contributed by atoms with E-state index in [9.17, 15) is 9.59 Å². The van der Waals surface area contributed by atoms with Gasteiger partial charge >= 0.3 is 29.0 Å². The van der Waals surface area contributed by atoms with Crippen LogP contribution in [0.25, 0.3) is 11.0 Å². The first-order valence-electron chi connectivity index (χ1n) is 5.28. The number of carboxylic acids is 1. The van der Waals surface area contributed by atoms with Crippen molar-refractivity contribution < 1.29 is 12.8 Å². The number of hydrogen-bond donors (Lipinski definition) is 1. The third kappa shape index (κ3) is 2.39. The monoisotopic (exact) mass is 258 g/mol. The number of aryl methyl sites for hydroxylation is 2. The van der Waals surface area contributed by atoms with Crippen molar-refractivity contribution in [2.24, 2.45) is 0 Å². The molecule has 18 heavy (non-hydrogen) atoms. The van der Waals surface area contributed by atoms with E-state index in [1.165, 1.54) is 6.20 Å². The van der Waals surface area contributed by atoms with Crippen LogP contribution in [-0.2, 0) is 6.54 Å². The van der Waals surface area contributed by atoms with Gasteiger partial charge in [-0.15, -0.1) is 0 Å². The van der Waals surface area contributed by atoms with E-state index in [4.69, 9.17) is 5.11 Å². The Balaban J connectivity index is 0. The van der Waals surface area contributed by atoms with Crippen LogP contribution < -0.4 is 5.43 Å². The largest absolute Gasteiger partial charge is 2.00 e. The third-order valence-electron chi connectivity index (χ3n) is 2.63. The molecule has 0 aromatic carbocycles. The summed E-state index contributed by atoms with van der Waals surface area (Å²) in [7, 11) is 0. The summed E-state index contributed by atoms with van der Waals surface area (Å²) in [5.74, 6) is -1.21. The van der Waals surface area contributed by atoms with Crippen LogP contribution in [0.2, 0.25) is 0 Å². The average molecular weight is 259 g/mol. The summed E-state index contributed by atoms with van der Waals surface area (Å²) in [6.07, 6.45) is 1.35. The van der Waals surface area contributed by atoms with Gasteiger partial charge in [-0.2, -0.15) is 0 Å². The number of carbonyl (C=O) groups is 1. The predicted octanol–water partition coefficient (Wildman–Crippen LogP) is 1.27. The third-order valence-corrected chi connectivity index (χ3v) is 2.63. The quantitative estimate of drug-likeness (QED) is 0.823. The minimum Gasteiger partial charge on any atom is -1.00 e. The van der Waals surface area contributed by atoms with Crippen LogP contribution in [-0.4, -0.2) is 43.7 Å². The molecule has 0 amide bonds. The van der Waals surface area contributed by atoms with Crippen LogP contribution in [0, 0.1) is 6.92 Å². The molecular weight excluding hydrogens is 244 g/mol. The molecule has 2 aromatic heterocycles. The van der Waals surface area contributed by atoms with Crippen molar-refractivity contribution in [1.82, 2.24) is 9.55 Å². The number of pyridine rings is 2. The Morgan fingerprint density at radius 3 is 2.72 bits per heavy atom. The molecule has 6 heteroatoms. The summed E-state index contributed by atoms with van der Waals surface area (Å²) < 4.78 is 1.67. The molecule has 0 unspecified atom stereocenters. The fourth-order valence-corrected chi connectivity index (χ4v) is 1.75. The van der Waals surface area contributed by atoms with Gasteiger partial charge in [0.2, 0.25) is 5.43 Å². The first-order valence-corrected chi connectivity index (χ1v) is 5.28. The smallest absolute Gasteiger partial charge is 1.00 e. The van der Waals surface area contributed by atoms with Gasteiger partial charge in [0, 0.05) is 18.4 Å². The van der Waals surface area contributed by atoms with Crippen LogP contribution in [0.5, 0.6) is 0 Å². The van der Waals surface area contributed by atoms with E-state index in [-0.39, 0.29) is 31.5 Å². The van der Waals surface area contributed by atoms with Gasteiger partial charge in [0.25, 0.3) is 0 Å². The summed E-state index contributed by atoms with van der Waals surface area (Å²) in [6.45, 7) is 4.27. The molecule has 0 saturated carbocycles. The second-order valence-corrected chi connectivity index (χ2v) is 3.79. The van der Waals surface area contributed by atoms with Gasteiger partial charge in [-0.25, -0.2) is 9.78 Å².